The molecule has 1 aliphatic heterocycles. The van der Waals surface area contributed by atoms with Crippen molar-refractivity contribution in [2.45, 2.75) is 33.9 Å². The molecule has 24 heavy (non-hydrogen) atoms. The summed E-state index contributed by atoms with van der Waals surface area (Å²) in [6.45, 7) is 8.33. The molecule has 2 heterocycles. The highest BCUT2D eigenvalue weighted by atomic mass is 16.6. The second kappa shape index (κ2) is 6.82. The van der Waals surface area contributed by atoms with E-state index in [2.05, 4.69) is 15.7 Å². The number of rotatable bonds is 4. The molecule has 3 rings (SSSR count). The van der Waals surface area contributed by atoms with E-state index in [0.29, 0.717) is 36.9 Å². The number of ether oxygens (including phenoxy) is 2. The van der Waals surface area contributed by atoms with Crippen LogP contribution >= 0.6 is 0 Å². The molecule has 0 saturated carbocycles. The van der Waals surface area contributed by atoms with Crippen molar-refractivity contribution in [1.82, 2.24) is 15.1 Å². The summed E-state index contributed by atoms with van der Waals surface area (Å²) in [6.07, 6.45) is 0. The molecule has 0 bridgehead atoms. The average Bonchev–Trinajstić information content (AvgIpc) is 2.86. The summed E-state index contributed by atoms with van der Waals surface area (Å²) >= 11 is 0. The minimum absolute atomic E-state index is 0.269. The zero-order chi connectivity index (χ0) is 17.1. The van der Waals surface area contributed by atoms with Gasteiger partial charge in [0, 0.05) is 36.1 Å². The first-order valence-corrected chi connectivity index (χ1v) is 8.06. The minimum atomic E-state index is -0.269. The van der Waals surface area contributed by atoms with Gasteiger partial charge < -0.3 is 20.1 Å². The largest absolute Gasteiger partial charge is 0.486 e. The molecule has 1 aliphatic rings. The Balaban J connectivity index is 1.61. The lowest BCUT2D eigenvalue weighted by Crippen LogP contribution is -2.28. The zero-order valence-corrected chi connectivity index (χ0v) is 14.2. The lowest BCUT2D eigenvalue weighted by atomic mass is 10.2. The Bertz CT molecular complexity index is 755. The first-order valence-electron chi connectivity index (χ1n) is 8.06. The summed E-state index contributed by atoms with van der Waals surface area (Å²) in [5, 5.41) is 10.1. The fourth-order valence-corrected chi connectivity index (χ4v) is 2.76. The minimum Gasteiger partial charge on any atom is -0.486 e. The second-order valence-corrected chi connectivity index (χ2v) is 5.63. The van der Waals surface area contributed by atoms with E-state index < -0.39 is 0 Å². The molecule has 0 aliphatic carbocycles. The van der Waals surface area contributed by atoms with Crippen LogP contribution in [0.25, 0.3) is 0 Å². The number of hydrogen-bond acceptors (Lipinski definition) is 4. The van der Waals surface area contributed by atoms with Gasteiger partial charge >= 0.3 is 6.03 Å². The topological polar surface area (TPSA) is 77.4 Å². The standard InChI is InChI=1S/C17H22N4O3/c1-4-21-12(3)14(11(2)20-21)10-18-17(22)19-13-5-6-15-16(9-13)24-8-7-23-15/h5-6,9H,4,7-8,10H2,1-3H3,(H2,18,19,22). The van der Waals surface area contributed by atoms with E-state index in [-0.39, 0.29) is 6.03 Å². The van der Waals surface area contributed by atoms with Crippen LogP contribution in [0.3, 0.4) is 0 Å². The van der Waals surface area contributed by atoms with Crippen LogP contribution in [0.2, 0.25) is 0 Å². The van der Waals surface area contributed by atoms with Crippen molar-refractivity contribution in [3.05, 3.63) is 35.2 Å². The summed E-state index contributed by atoms with van der Waals surface area (Å²) in [7, 11) is 0. The maximum Gasteiger partial charge on any atom is 0.319 e. The van der Waals surface area contributed by atoms with Crippen LogP contribution in [0.15, 0.2) is 18.2 Å². The van der Waals surface area contributed by atoms with Gasteiger partial charge in [0.25, 0.3) is 0 Å². The number of amides is 2. The lowest BCUT2D eigenvalue weighted by molar-refractivity contribution is 0.171. The number of anilines is 1. The van der Waals surface area contributed by atoms with Crippen molar-refractivity contribution in [3.63, 3.8) is 0 Å². The van der Waals surface area contributed by atoms with Crippen molar-refractivity contribution in [1.29, 1.82) is 0 Å². The Morgan fingerprint density at radius 2 is 2.00 bits per heavy atom. The van der Waals surface area contributed by atoms with E-state index in [1.54, 1.807) is 18.2 Å². The van der Waals surface area contributed by atoms with Crippen molar-refractivity contribution in [2.75, 3.05) is 18.5 Å². The summed E-state index contributed by atoms with van der Waals surface area (Å²) in [5.74, 6) is 1.35. The maximum atomic E-state index is 12.1. The molecular weight excluding hydrogens is 308 g/mol. The van der Waals surface area contributed by atoms with Crippen LogP contribution in [0.1, 0.15) is 23.9 Å². The number of urea groups is 1. The Morgan fingerprint density at radius 3 is 2.71 bits per heavy atom. The van der Waals surface area contributed by atoms with Gasteiger partial charge in [0.2, 0.25) is 0 Å². The third-order valence-electron chi connectivity index (χ3n) is 4.06. The van der Waals surface area contributed by atoms with Gasteiger partial charge in [-0.1, -0.05) is 0 Å². The first-order chi connectivity index (χ1) is 11.6. The summed E-state index contributed by atoms with van der Waals surface area (Å²) in [5.41, 5.74) is 3.73. The van der Waals surface area contributed by atoms with Gasteiger partial charge in [0.15, 0.2) is 11.5 Å². The number of aryl methyl sites for hydroxylation is 2. The predicted octanol–water partition coefficient (Wildman–Crippen LogP) is 2.61. The molecule has 0 saturated heterocycles. The summed E-state index contributed by atoms with van der Waals surface area (Å²) in [4.78, 5) is 12.1. The van der Waals surface area contributed by atoms with E-state index >= 15 is 0 Å². The van der Waals surface area contributed by atoms with Gasteiger partial charge in [-0.3, -0.25) is 4.68 Å². The summed E-state index contributed by atoms with van der Waals surface area (Å²) < 4.78 is 12.9. The predicted molar refractivity (Wildman–Crippen MR) is 90.7 cm³/mol. The molecule has 0 atom stereocenters. The fourth-order valence-electron chi connectivity index (χ4n) is 2.76. The number of carbonyl (C=O) groups is 1. The molecule has 0 radical (unpaired) electrons. The van der Waals surface area contributed by atoms with Crippen LogP contribution in [0, 0.1) is 13.8 Å². The quantitative estimate of drug-likeness (QED) is 0.903. The molecule has 7 heteroatoms. The third kappa shape index (κ3) is 3.29. The smallest absolute Gasteiger partial charge is 0.319 e. The Hall–Kier alpha value is -2.70. The van der Waals surface area contributed by atoms with Crippen LogP contribution in [-0.2, 0) is 13.1 Å². The van der Waals surface area contributed by atoms with Crippen LogP contribution in [-0.4, -0.2) is 29.0 Å². The SMILES string of the molecule is CCn1nc(C)c(CNC(=O)Nc2ccc3c(c2)OCCO3)c1C. The maximum absolute atomic E-state index is 12.1. The average molecular weight is 330 g/mol. The highest BCUT2D eigenvalue weighted by molar-refractivity contribution is 5.89. The number of carbonyl (C=O) groups excluding carboxylic acids is 1. The molecule has 0 spiro atoms. The highest BCUT2D eigenvalue weighted by Gasteiger charge is 2.14. The molecular formula is C17H22N4O3. The van der Waals surface area contributed by atoms with Crippen molar-refractivity contribution in [2.24, 2.45) is 0 Å². The number of nitrogens with zero attached hydrogens (tertiary/aromatic N) is 2. The van der Waals surface area contributed by atoms with Crippen molar-refractivity contribution < 1.29 is 14.3 Å². The zero-order valence-electron chi connectivity index (χ0n) is 14.2. The van der Waals surface area contributed by atoms with Crippen molar-refractivity contribution >= 4 is 11.7 Å². The van der Waals surface area contributed by atoms with Gasteiger partial charge in [-0.05, 0) is 32.9 Å². The number of hydrogen-bond donors (Lipinski definition) is 2. The van der Waals surface area contributed by atoms with E-state index in [0.717, 1.165) is 23.5 Å². The van der Waals surface area contributed by atoms with E-state index in [9.17, 15) is 4.79 Å². The van der Waals surface area contributed by atoms with E-state index in [1.165, 1.54) is 0 Å². The number of aromatic nitrogens is 2. The molecule has 7 nitrogen and oxygen atoms in total. The Morgan fingerprint density at radius 1 is 1.25 bits per heavy atom. The molecule has 0 fully saturated rings. The molecule has 2 N–H and O–H groups in total. The number of benzene rings is 1. The molecule has 1 aromatic carbocycles. The number of fused-ring (bicyclic) bond motifs is 1. The van der Waals surface area contributed by atoms with E-state index in [4.69, 9.17) is 9.47 Å². The summed E-state index contributed by atoms with van der Waals surface area (Å²) in [6, 6.07) is 5.08. The van der Waals surface area contributed by atoms with Crippen LogP contribution < -0.4 is 20.1 Å². The monoisotopic (exact) mass is 330 g/mol. The van der Waals surface area contributed by atoms with Gasteiger partial charge in [0.1, 0.15) is 13.2 Å². The number of nitrogens with one attached hydrogen (secondary N) is 2. The Kier molecular flexibility index (Phi) is 4.59. The molecule has 1 aromatic heterocycles. The molecule has 0 unspecified atom stereocenters. The van der Waals surface area contributed by atoms with Crippen LogP contribution in [0.4, 0.5) is 10.5 Å². The van der Waals surface area contributed by atoms with E-state index in [1.807, 2.05) is 25.5 Å². The molecule has 2 amide bonds. The Labute approximate surface area is 140 Å². The van der Waals surface area contributed by atoms with Gasteiger partial charge in [-0.2, -0.15) is 5.10 Å². The molecule has 2 aromatic rings. The molecule has 128 valence electrons. The normalized spacial score (nSPS) is 12.8. The van der Waals surface area contributed by atoms with Gasteiger partial charge in [-0.15, -0.1) is 0 Å². The first kappa shape index (κ1) is 16.2. The van der Waals surface area contributed by atoms with Gasteiger partial charge in [0.05, 0.1) is 5.69 Å². The van der Waals surface area contributed by atoms with Gasteiger partial charge in [-0.25, -0.2) is 4.79 Å². The fraction of sp³-hybridized carbons (Fsp3) is 0.412. The second-order valence-electron chi connectivity index (χ2n) is 5.63. The van der Waals surface area contributed by atoms with Crippen molar-refractivity contribution in [3.8, 4) is 11.5 Å². The third-order valence-corrected chi connectivity index (χ3v) is 4.06. The van der Waals surface area contributed by atoms with Crippen LogP contribution in [0.5, 0.6) is 11.5 Å². The highest BCUT2D eigenvalue weighted by Crippen LogP contribution is 2.32. The lowest BCUT2D eigenvalue weighted by Gasteiger charge is -2.19.